The zero-order valence-electron chi connectivity index (χ0n) is 20.3. The second-order valence-corrected chi connectivity index (χ2v) is 8.70. The number of carbonyl (C=O) groups excluding carboxylic acids is 2. The Kier molecular flexibility index (Phi) is 6.87. The van der Waals surface area contributed by atoms with Crippen LogP contribution in [0.4, 0.5) is 14.5 Å². The Labute approximate surface area is 219 Å². The SMILES string of the molecule is O=C1Nc2cc(C=CCNC(=O)c3c[nH]c(=O)n(Cc4ccc(F)c(F)c4)c3=O)ccc2C1=Cc1ccc[nH]1. The van der Waals surface area contributed by atoms with Crippen LogP contribution in [0.2, 0.25) is 0 Å². The standard InChI is InChI=1S/C28H21F2N5O4/c29-22-8-6-17(11-23(22)30)15-35-27(38)21(14-33-28(35)39)25(36)32-10-1-3-16-5-7-19-20(13-18-4-2-9-31-18)26(37)34-24(19)12-16/h1-9,11-14,31H,10,15H2,(H,32,36)(H,33,39)(H,34,37). The molecule has 4 aromatic rings. The molecule has 1 aliphatic heterocycles. The Bertz CT molecular complexity index is 1770. The first-order valence-corrected chi connectivity index (χ1v) is 11.8. The summed E-state index contributed by atoms with van der Waals surface area (Å²) in [5.41, 5.74) is 1.78. The molecule has 2 aromatic carbocycles. The van der Waals surface area contributed by atoms with Gasteiger partial charge in [0.1, 0.15) is 5.56 Å². The molecular formula is C28H21F2N5O4. The summed E-state index contributed by atoms with van der Waals surface area (Å²) in [6, 6.07) is 12.2. The van der Waals surface area contributed by atoms with Crippen molar-refractivity contribution in [2.45, 2.75) is 6.54 Å². The van der Waals surface area contributed by atoms with Crippen molar-refractivity contribution in [1.82, 2.24) is 19.9 Å². The molecule has 0 saturated heterocycles. The van der Waals surface area contributed by atoms with E-state index < -0.39 is 28.8 Å². The number of nitrogens with zero attached hydrogens (tertiary/aromatic N) is 1. The average Bonchev–Trinajstić information content (AvgIpc) is 3.54. The number of benzene rings is 2. The third-order valence-electron chi connectivity index (χ3n) is 6.07. The highest BCUT2D eigenvalue weighted by molar-refractivity contribution is 6.34. The number of carbonyl (C=O) groups is 2. The third kappa shape index (κ3) is 5.37. The van der Waals surface area contributed by atoms with Crippen molar-refractivity contribution in [2.75, 3.05) is 11.9 Å². The van der Waals surface area contributed by atoms with Gasteiger partial charge in [0.15, 0.2) is 11.6 Å². The van der Waals surface area contributed by atoms with Gasteiger partial charge in [0.05, 0.1) is 12.1 Å². The second-order valence-electron chi connectivity index (χ2n) is 8.70. The first-order valence-electron chi connectivity index (χ1n) is 11.8. The monoisotopic (exact) mass is 529 g/mol. The Balaban J connectivity index is 1.25. The van der Waals surface area contributed by atoms with E-state index in [0.29, 0.717) is 11.3 Å². The Hall–Kier alpha value is -5.32. The highest BCUT2D eigenvalue weighted by atomic mass is 19.2. The summed E-state index contributed by atoms with van der Waals surface area (Å²) >= 11 is 0. The van der Waals surface area contributed by atoms with E-state index in [1.807, 2.05) is 24.3 Å². The molecule has 39 heavy (non-hydrogen) atoms. The second kappa shape index (κ2) is 10.6. The lowest BCUT2D eigenvalue weighted by atomic mass is 10.0. The number of aromatic amines is 2. The van der Waals surface area contributed by atoms with Crippen molar-refractivity contribution in [2.24, 2.45) is 0 Å². The molecule has 0 atom stereocenters. The number of hydrogen-bond donors (Lipinski definition) is 4. The summed E-state index contributed by atoms with van der Waals surface area (Å²) in [5, 5.41) is 5.41. The average molecular weight is 530 g/mol. The summed E-state index contributed by atoms with van der Waals surface area (Å²) in [7, 11) is 0. The zero-order valence-corrected chi connectivity index (χ0v) is 20.3. The molecule has 0 fully saturated rings. The lowest BCUT2D eigenvalue weighted by Crippen LogP contribution is -2.40. The maximum absolute atomic E-state index is 13.5. The highest BCUT2D eigenvalue weighted by Gasteiger charge is 2.24. The molecule has 0 bridgehead atoms. The quantitative estimate of drug-likeness (QED) is 0.274. The molecule has 196 valence electrons. The number of halogens is 2. The number of nitrogens with one attached hydrogen (secondary N) is 4. The minimum atomic E-state index is -1.11. The number of anilines is 1. The Morgan fingerprint density at radius 2 is 1.85 bits per heavy atom. The Morgan fingerprint density at radius 3 is 2.62 bits per heavy atom. The van der Waals surface area contributed by atoms with Crippen molar-refractivity contribution >= 4 is 35.2 Å². The molecule has 0 spiro atoms. The molecule has 0 unspecified atom stereocenters. The van der Waals surface area contributed by atoms with Gasteiger partial charge in [-0.1, -0.05) is 30.4 Å². The van der Waals surface area contributed by atoms with E-state index in [9.17, 15) is 28.0 Å². The predicted molar refractivity (Wildman–Crippen MR) is 142 cm³/mol. The van der Waals surface area contributed by atoms with Crippen molar-refractivity contribution in [3.8, 4) is 0 Å². The van der Waals surface area contributed by atoms with Crippen LogP contribution in [0, 0.1) is 11.6 Å². The summed E-state index contributed by atoms with van der Waals surface area (Å²) in [5.74, 6) is -3.10. The van der Waals surface area contributed by atoms with Gasteiger partial charge in [0, 0.05) is 35.9 Å². The van der Waals surface area contributed by atoms with Crippen LogP contribution in [0.25, 0.3) is 17.7 Å². The third-order valence-corrected chi connectivity index (χ3v) is 6.07. The number of amides is 2. The number of rotatable bonds is 7. The largest absolute Gasteiger partial charge is 0.362 e. The lowest BCUT2D eigenvalue weighted by molar-refractivity contribution is -0.110. The number of fused-ring (bicyclic) bond motifs is 1. The maximum Gasteiger partial charge on any atom is 0.328 e. The van der Waals surface area contributed by atoms with Crippen LogP contribution in [-0.2, 0) is 11.3 Å². The summed E-state index contributed by atoms with van der Waals surface area (Å²) in [4.78, 5) is 55.3. The summed E-state index contributed by atoms with van der Waals surface area (Å²) in [6.45, 7) is -0.273. The molecule has 1 aliphatic rings. The van der Waals surface area contributed by atoms with E-state index >= 15 is 0 Å². The van der Waals surface area contributed by atoms with E-state index in [2.05, 4.69) is 20.6 Å². The molecular weight excluding hydrogens is 508 g/mol. The fourth-order valence-electron chi connectivity index (χ4n) is 4.13. The number of H-pyrrole nitrogens is 2. The lowest BCUT2D eigenvalue weighted by Gasteiger charge is -2.08. The molecule has 2 aromatic heterocycles. The van der Waals surface area contributed by atoms with Gasteiger partial charge in [-0.25, -0.2) is 13.6 Å². The molecule has 9 nitrogen and oxygen atoms in total. The van der Waals surface area contributed by atoms with E-state index in [4.69, 9.17) is 0 Å². The van der Waals surface area contributed by atoms with Crippen molar-refractivity contribution in [3.05, 3.63) is 127 Å². The van der Waals surface area contributed by atoms with Gasteiger partial charge in [-0.2, -0.15) is 0 Å². The Morgan fingerprint density at radius 1 is 1.00 bits per heavy atom. The van der Waals surface area contributed by atoms with Gasteiger partial charge in [0.25, 0.3) is 17.4 Å². The van der Waals surface area contributed by atoms with E-state index in [-0.39, 0.29) is 30.1 Å². The van der Waals surface area contributed by atoms with Crippen LogP contribution in [0.3, 0.4) is 0 Å². The molecule has 0 saturated carbocycles. The fraction of sp³-hybridized carbons (Fsp3) is 0.0714. The van der Waals surface area contributed by atoms with Crippen LogP contribution in [0.15, 0.2) is 76.6 Å². The van der Waals surface area contributed by atoms with Gasteiger partial charge in [0.2, 0.25) is 0 Å². The first kappa shape index (κ1) is 25.3. The van der Waals surface area contributed by atoms with Crippen LogP contribution in [0.5, 0.6) is 0 Å². The maximum atomic E-state index is 13.5. The van der Waals surface area contributed by atoms with Gasteiger partial charge in [-0.15, -0.1) is 0 Å². The van der Waals surface area contributed by atoms with Crippen LogP contribution >= 0.6 is 0 Å². The number of hydrogen-bond acceptors (Lipinski definition) is 4. The molecule has 4 N–H and O–H groups in total. The van der Waals surface area contributed by atoms with Crippen LogP contribution in [-0.4, -0.2) is 32.9 Å². The van der Waals surface area contributed by atoms with E-state index in [1.54, 1.807) is 30.5 Å². The fourth-order valence-corrected chi connectivity index (χ4v) is 4.13. The molecule has 5 rings (SSSR count). The molecule has 2 amide bonds. The normalized spacial score (nSPS) is 13.6. The van der Waals surface area contributed by atoms with Crippen molar-refractivity contribution < 1.29 is 18.4 Å². The van der Waals surface area contributed by atoms with Gasteiger partial charge >= 0.3 is 5.69 Å². The van der Waals surface area contributed by atoms with Crippen LogP contribution < -0.4 is 21.9 Å². The predicted octanol–water partition coefficient (Wildman–Crippen LogP) is 3.13. The summed E-state index contributed by atoms with van der Waals surface area (Å²) < 4.78 is 27.4. The van der Waals surface area contributed by atoms with Crippen molar-refractivity contribution in [1.29, 1.82) is 0 Å². The highest BCUT2D eigenvalue weighted by Crippen LogP contribution is 2.33. The minimum absolute atomic E-state index is 0.0714. The van der Waals surface area contributed by atoms with Gasteiger partial charge in [-0.05, 0) is 47.5 Å². The van der Waals surface area contributed by atoms with Crippen LogP contribution in [0.1, 0.15) is 32.7 Å². The number of aromatic nitrogens is 3. The summed E-state index contributed by atoms with van der Waals surface area (Å²) in [6.07, 6.45) is 7.96. The zero-order chi connectivity index (χ0) is 27.5. The molecule has 3 heterocycles. The van der Waals surface area contributed by atoms with E-state index in [1.165, 1.54) is 6.07 Å². The first-order chi connectivity index (χ1) is 18.8. The minimum Gasteiger partial charge on any atom is -0.362 e. The van der Waals surface area contributed by atoms with Crippen molar-refractivity contribution in [3.63, 3.8) is 0 Å². The van der Waals surface area contributed by atoms with E-state index in [0.717, 1.165) is 39.7 Å². The van der Waals surface area contributed by atoms with Gasteiger partial charge < -0.3 is 20.6 Å². The molecule has 11 heteroatoms. The smallest absolute Gasteiger partial charge is 0.328 e. The topological polar surface area (TPSA) is 129 Å². The molecule has 0 aliphatic carbocycles. The molecule has 0 radical (unpaired) electrons. The van der Waals surface area contributed by atoms with Gasteiger partial charge in [-0.3, -0.25) is 19.0 Å².